The van der Waals surface area contributed by atoms with Crippen molar-refractivity contribution in [3.63, 3.8) is 0 Å². The van der Waals surface area contributed by atoms with Gasteiger partial charge in [-0.1, -0.05) is 15.9 Å². The Morgan fingerprint density at radius 2 is 2.24 bits per heavy atom. The highest BCUT2D eigenvalue weighted by Gasteiger charge is 2.18. The molecule has 3 N–H and O–H groups in total. The van der Waals surface area contributed by atoms with Crippen LogP contribution in [0.25, 0.3) is 0 Å². The lowest BCUT2D eigenvalue weighted by atomic mass is 10.2. The van der Waals surface area contributed by atoms with Crippen LogP contribution in [-0.2, 0) is 4.79 Å². The largest absolute Gasteiger partial charge is 0.504 e. The number of halogens is 1. The van der Waals surface area contributed by atoms with E-state index >= 15 is 0 Å². The van der Waals surface area contributed by atoms with Gasteiger partial charge in [-0.05, 0) is 12.1 Å². The molecule has 1 aromatic rings. The molecule has 7 heteroatoms. The molecule has 1 aliphatic rings. The first-order valence-corrected chi connectivity index (χ1v) is 7.61. The van der Waals surface area contributed by atoms with E-state index in [1.165, 1.54) is 31.1 Å². The molecule has 6 nitrogen and oxygen atoms in total. The van der Waals surface area contributed by atoms with E-state index in [0.29, 0.717) is 17.9 Å². The summed E-state index contributed by atoms with van der Waals surface area (Å²) in [4.78, 5) is 13.0. The van der Waals surface area contributed by atoms with E-state index < -0.39 is 0 Å². The summed E-state index contributed by atoms with van der Waals surface area (Å²) in [5.41, 5.74) is 2.95. The van der Waals surface area contributed by atoms with E-state index in [0.717, 1.165) is 17.6 Å². The molecule has 0 aliphatic carbocycles. The van der Waals surface area contributed by atoms with Crippen LogP contribution in [0.4, 0.5) is 0 Å². The molecule has 1 aromatic carbocycles. The van der Waals surface area contributed by atoms with Crippen LogP contribution in [0.5, 0.6) is 11.5 Å². The van der Waals surface area contributed by atoms with Gasteiger partial charge in [0.05, 0.1) is 26.4 Å². The summed E-state index contributed by atoms with van der Waals surface area (Å²) in [6.45, 7) is 2.52. The monoisotopic (exact) mass is 356 g/mol. The van der Waals surface area contributed by atoms with Crippen molar-refractivity contribution in [3.05, 3.63) is 22.2 Å². The number of phenolic OH excluding ortho intramolecular Hbond substituents is 1. The predicted octanol–water partition coefficient (Wildman–Crippen LogP) is 0.292. The molecule has 0 radical (unpaired) electrons. The van der Waals surface area contributed by atoms with Gasteiger partial charge in [-0.2, -0.15) is 5.10 Å². The van der Waals surface area contributed by atoms with Gasteiger partial charge < -0.3 is 14.7 Å². The van der Waals surface area contributed by atoms with Gasteiger partial charge in [0.1, 0.15) is 0 Å². The highest BCUT2D eigenvalue weighted by atomic mass is 79.9. The van der Waals surface area contributed by atoms with Crippen LogP contribution in [0.2, 0.25) is 0 Å². The van der Waals surface area contributed by atoms with E-state index in [9.17, 15) is 9.90 Å². The quantitative estimate of drug-likeness (QED) is 0.524. The maximum absolute atomic E-state index is 11.7. The molecule has 114 valence electrons. The van der Waals surface area contributed by atoms with E-state index in [1.54, 1.807) is 12.1 Å². The topological polar surface area (TPSA) is 75.4 Å². The van der Waals surface area contributed by atoms with Gasteiger partial charge in [0.2, 0.25) is 0 Å². The first kappa shape index (κ1) is 15.8. The highest BCUT2D eigenvalue weighted by molar-refractivity contribution is 9.10. The summed E-state index contributed by atoms with van der Waals surface area (Å²) in [5.74, 6) is 0.215. The van der Waals surface area contributed by atoms with Gasteiger partial charge in [0.15, 0.2) is 18.0 Å². The first-order valence-electron chi connectivity index (χ1n) is 6.82. The molecule has 0 aromatic heterocycles. The SMILES string of the molecule is COc1cc(Br)cc(/C=N/NC(=O)C[NH+]2CCCC2)c1O. The second-order valence-corrected chi connectivity index (χ2v) is 5.89. The molecule has 0 unspecified atom stereocenters. The normalized spacial score (nSPS) is 15.5. The molecule has 1 aliphatic heterocycles. The number of hydrogen-bond acceptors (Lipinski definition) is 4. The van der Waals surface area contributed by atoms with Crippen molar-refractivity contribution in [3.8, 4) is 11.5 Å². The Balaban J connectivity index is 1.94. The number of phenols is 1. The van der Waals surface area contributed by atoms with Crippen LogP contribution in [0.3, 0.4) is 0 Å². The van der Waals surface area contributed by atoms with Crippen molar-refractivity contribution in [2.45, 2.75) is 12.8 Å². The fraction of sp³-hybridized carbons (Fsp3) is 0.429. The summed E-state index contributed by atoms with van der Waals surface area (Å²) in [7, 11) is 1.48. The lowest BCUT2D eigenvalue weighted by Gasteiger charge is -2.10. The molecule has 0 saturated carbocycles. The van der Waals surface area contributed by atoms with Gasteiger partial charge in [-0.25, -0.2) is 5.43 Å². The number of hydrazone groups is 1. The Labute approximate surface area is 131 Å². The number of carbonyl (C=O) groups excluding carboxylic acids is 1. The van der Waals surface area contributed by atoms with Crippen LogP contribution in [0.15, 0.2) is 21.7 Å². The Morgan fingerprint density at radius 1 is 1.52 bits per heavy atom. The molecular weight excluding hydrogens is 338 g/mol. The number of nitrogens with zero attached hydrogens (tertiary/aromatic N) is 1. The number of nitrogens with one attached hydrogen (secondary N) is 2. The summed E-state index contributed by atoms with van der Waals surface area (Å²) in [5, 5.41) is 13.8. The zero-order chi connectivity index (χ0) is 15.2. The van der Waals surface area contributed by atoms with Crippen LogP contribution in [-0.4, -0.2) is 44.0 Å². The van der Waals surface area contributed by atoms with E-state index in [1.807, 2.05) is 0 Å². The minimum Gasteiger partial charge on any atom is -0.504 e. The zero-order valence-electron chi connectivity index (χ0n) is 11.9. The molecule has 1 saturated heterocycles. The fourth-order valence-corrected chi connectivity index (χ4v) is 2.80. The van der Waals surface area contributed by atoms with Crippen molar-refractivity contribution < 1.29 is 19.5 Å². The standard InChI is InChI=1S/C14H18BrN3O3/c1-21-12-7-11(15)6-10(14(12)20)8-16-17-13(19)9-18-4-2-3-5-18/h6-8,20H,2-5,9H2,1H3,(H,17,19)/p+1/b16-8+. The van der Waals surface area contributed by atoms with E-state index in [4.69, 9.17) is 4.74 Å². The Bertz CT molecular complexity index is 543. The molecular formula is C14H19BrN3O3+. The summed E-state index contributed by atoms with van der Waals surface area (Å²) < 4.78 is 5.81. The third kappa shape index (κ3) is 4.44. The minimum atomic E-state index is -0.121. The summed E-state index contributed by atoms with van der Waals surface area (Å²) >= 11 is 3.32. The molecule has 1 amide bonds. The Kier molecular flexibility index (Phi) is 5.58. The molecule has 1 heterocycles. The Hall–Kier alpha value is -1.60. The van der Waals surface area contributed by atoms with Crippen LogP contribution in [0.1, 0.15) is 18.4 Å². The number of carbonyl (C=O) groups is 1. The molecule has 0 bridgehead atoms. The Morgan fingerprint density at radius 3 is 2.90 bits per heavy atom. The number of benzene rings is 1. The summed E-state index contributed by atoms with van der Waals surface area (Å²) in [6.07, 6.45) is 3.76. The average Bonchev–Trinajstić information content (AvgIpc) is 2.95. The van der Waals surface area contributed by atoms with Crippen LogP contribution < -0.4 is 15.1 Å². The summed E-state index contributed by atoms with van der Waals surface area (Å²) in [6, 6.07) is 3.35. The minimum absolute atomic E-state index is 0.0103. The van der Waals surface area contributed by atoms with Crippen LogP contribution >= 0.6 is 15.9 Å². The van der Waals surface area contributed by atoms with Crippen molar-refractivity contribution in [2.24, 2.45) is 5.10 Å². The van der Waals surface area contributed by atoms with Gasteiger partial charge in [-0.3, -0.25) is 4.79 Å². The zero-order valence-corrected chi connectivity index (χ0v) is 13.4. The fourth-order valence-electron chi connectivity index (χ4n) is 2.34. The maximum Gasteiger partial charge on any atom is 0.295 e. The van der Waals surface area contributed by atoms with Gasteiger partial charge in [0, 0.05) is 22.9 Å². The number of quaternary nitrogens is 1. The average molecular weight is 357 g/mol. The molecule has 2 rings (SSSR count). The number of methoxy groups -OCH3 is 1. The number of aromatic hydroxyl groups is 1. The first-order chi connectivity index (χ1) is 10.1. The van der Waals surface area contributed by atoms with Gasteiger partial charge >= 0.3 is 0 Å². The van der Waals surface area contributed by atoms with Crippen molar-refractivity contribution in [2.75, 3.05) is 26.7 Å². The third-order valence-electron chi connectivity index (χ3n) is 3.40. The lowest BCUT2D eigenvalue weighted by Crippen LogP contribution is -3.11. The number of ether oxygens (including phenoxy) is 1. The smallest absolute Gasteiger partial charge is 0.295 e. The van der Waals surface area contributed by atoms with Gasteiger partial charge in [0.25, 0.3) is 5.91 Å². The number of amides is 1. The van der Waals surface area contributed by atoms with E-state index in [-0.39, 0.29) is 11.7 Å². The van der Waals surface area contributed by atoms with Crippen LogP contribution in [0, 0.1) is 0 Å². The van der Waals surface area contributed by atoms with Crippen molar-refractivity contribution in [1.29, 1.82) is 0 Å². The number of hydrogen-bond donors (Lipinski definition) is 3. The number of rotatable bonds is 5. The van der Waals surface area contributed by atoms with E-state index in [2.05, 4.69) is 26.5 Å². The predicted molar refractivity (Wildman–Crippen MR) is 82.9 cm³/mol. The van der Waals surface area contributed by atoms with Crippen molar-refractivity contribution in [1.82, 2.24) is 5.43 Å². The lowest BCUT2D eigenvalue weighted by molar-refractivity contribution is -0.879. The van der Waals surface area contributed by atoms with Gasteiger partial charge in [-0.15, -0.1) is 0 Å². The molecule has 0 atom stereocenters. The molecule has 0 spiro atoms. The molecule has 1 fully saturated rings. The molecule has 21 heavy (non-hydrogen) atoms. The maximum atomic E-state index is 11.7. The van der Waals surface area contributed by atoms with Crippen molar-refractivity contribution >= 4 is 28.1 Å². The second-order valence-electron chi connectivity index (χ2n) is 4.97. The second kappa shape index (κ2) is 7.42. The third-order valence-corrected chi connectivity index (χ3v) is 3.86. The number of likely N-dealkylation sites (tertiary alicyclic amines) is 1. The highest BCUT2D eigenvalue weighted by Crippen LogP contribution is 2.32.